The van der Waals surface area contributed by atoms with Gasteiger partial charge >= 0.3 is 0 Å². The number of H-pyrrole nitrogens is 1. The monoisotopic (exact) mass is 349 g/mol. The van der Waals surface area contributed by atoms with Gasteiger partial charge in [0.15, 0.2) is 4.77 Å². The minimum absolute atomic E-state index is 0.225. The lowest BCUT2D eigenvalue weighted by Crippen LogP contribution is -2.19. The van der Waals surface area contributed by atoms with E-state index in [1.807, 2.05) is 30.8 Å². The quantitative estimate of drug-likeness (QED) is 0.779. The second-order valence-corrected chi connectivity index (χ2v) is 6.09. The predicted octanol–water partition coefficient (Wildman–Crippen LogP) is 2.54. The molecule has 24 heavy (non-hydrogen) atoms. The van der Waals surface area contributed by atoms with Crippen molar-refractivity contribution in [3.8, 4) is 22.8 Å². The smallest absolute Gasteiger partial charge is 0.252 e. The standard InChI is InChI=1S/C17H23N3O3S/c1-19(2)8-5-9-20-14(11-16(21)18-17(20)24)13-7-6-12(22-3)10-15(13)23-4/h6-7,10-11H,5,8-9H2,1-4H3,(H,18,21,24). The van der Waals surface area contributed by atoms with Gasteiger partial charge in [0.25, 0.3) is 5.56 Å². The maximum absolute atomic E-state index is 11.9. The Bertz CT molecular complexity index is 811. The highest BCUT2D eigenvalue weighted by Crippen LogP contribution is 2.32. The second kappa shape index (κ2) is 8.12. The van der Waals surface area contributed by atoms with E-state index < -0.39 is 0 Å². The molecular weight excluding hydrogens is 326 g/mol. The van der Waals surface area contributed by atoms with Crippen LogP contribution >= 0.6 is 12.2 Å². The van der Waals surface area contributed by atoms with Crippen molar-refractivity contribution in [3.05, 3.63) is 39.4 Å². The second-order valence-electron chi connectivity index (χ2n) is 5.70. The van der Waals surface area contributed by atoms with Crippen molar-refractivity contribution < 1.29 is 9.47 Å². The van der Waals surface area contributed by atoms with Crippen LogP contribution in [-0.2, 0) is 6.54 Å². The van der Waals surface area contributed by atoms with Gasteiger partial charge in [-0.15, -0.1) is 0 Å². The highest BCUT2D eigenvalue weighted by atomic mass is 32.1. The average molecular weight is 349 g/mol. The van der Waals surface area contributed by atoms with Crippen molar-refractivity contribution in [1.82, 2.24) is 14.5 Å². The minimum Gasteiger partial charge on any atom is -0.497 e. The SMILES string of the molecule is COc1ccc(-c2cc(=O)[nH]c(=S)n2CCCN(C)C)c(OC)c1. The van der Waals surface area contributed by atoms with Crippen LogP contribution in [0.2, 0.25) is 0 Å². The first kappa shape index (κ1) is 18.2. The number of nitrogens with one attached hydrogen (secondary N) is 1. The molecule has 7 heteroatoms. The third kappa shape index (κ3) is 4.24. The number of methoxy groups -OCH3 is 2. The number of rotatable bonds is 7. The molecule has 0 saturated carbocycles. The summed E-state index contributed by atoms with van der Waals surface area (Å²) < 4.78 is 13.1. The Morgan fingerprint density at radius 3 is 2.58 bits per heavy atom. The Morgan fingerprint density at radius 2 is 1.96 bits per heavy atom. The van der Waals surface area contributed by atoms with Crippen LogP contribution in [0.25, 0.3) is 11.3 Å². The molecule has 0 radical (unpaired) electrons. The molecule has 1 aromatic carbocycles. The highest BCUT2D eigenvalue weighted by Gasteiger charge is 2.13. The van der Waals surface area contributed by atoms with E-state index in [0.29, 0.717) is 22.8 Å². The molecule has 2 rings (SSSR count). The van der Waals surface area contributed by atoms with Gasteiger partial charge < -0.3 is 18.9 Å². The van der Waals surface area contributed by atoms with Crippen molar-refractivity contribution in [3.63, 3.8) is 0 Å². The molecule has 1 aromatic heterocycles. The van der Waals surface area contributed by atoms with Gasteiger partial charge in [0.2, 0.25) is 0 Å². The predicted molar refractivity (Wildman–Crippen MR) is 97.6 cm³/mol. The molecule has 1 N–H and O–H groups in total. The van der Waals surface area contributed by atoms with Gasteiger partial charge in [-0.05, 0) is 51.4 Å². The summed E-state index contributed by atoms with van der Waals surface area (Å²) in [6.07, 6.45) is 0.915. The molecule has 0 aliphatic rings. The number of ether oxygens (including phenoxy) is 2. The summed E-state index contributed by atoms with van der Waals surface area (Å²) in [7, 11) is 7.25. The van der Waals surface area contributed by atoms with E-state index in [1.54, 1.807) is 26.4 Å². The van der Waals surface area contributed by atoms with Gasteiger partial charge in [-0.25, -0.2) is 0 Å². The molecule has 0 bridgehead atoms. The van der Waals surface area contributed by atoms with Crippen LogP contribution in [0.15, 0.2) is 29.1 Å². The van der Waals surface area contributed by atoms with Crippen LogP contribution in [-0.4, -0.2) is 49.3 Å². The maximum Gasteiger partial charge on any atom is 0.252 e. The number of aromatic amines is 1. The first-order valence-corrected chi connectivity index (χ1v) is 8.08. The zero-order valence-corrected chi connectivity index (χ0v) is 15.3. The van der Waals surface area contributed by atoms with Crippen LogP contribution in [0, 0.1) is 4.77 Å². The van der Waals surface area contributed by atoms with Crippen molar-refractivity contribution in [2.75, 3.05) is 34.9 Å². The fourth-order valence-electron chi connectivity index (χ4n) is 2.52. The fourth-order valence-corrected chi connectivity index (χ4v) is 2.81. The van der Waals surface area contributed by atoms with Gasteiger partial charge in [-0.2, -0.15) is 0 Å². The summed E-state index contributed by atoms with van der Waals surface area (Å²) >= 11 is 5.36. The maximum atomic E-state index is 11.9. The molecule has 0 unspecified atom stereocenters. The Morgan fingerprint density at radius 1 is 1.21 bits per heavy atom. The van der Waals surface area contributed by atoms with Gasteiger partial charge in [0, 0.05) is 24.2 Å². The molecule has 0 saturated heterocycles. The number of hydrogen-bond acceptors (Lipinski definition) is 5. The van der Waals surface area contributed by atoms with Gasteiger partial charge in [0.05, 0.1) is 19.9 Å². The highest BCUT2D eigenvalue weighted by molar-refractivity contribution is 7.71. The Balaban J connectivity index is 2.53. The lowest BCUT2D eigenvalue weighted by molar-refractivity contribution is 0.384. The summed E-state index contributed by atoms with van der Waals surface area (Å²) in [6, 6.07) is 7.06. The molecule has 0 aliphatic carbocycles. The Hall–Kier alpha value is -2.12. The summed E-state index contributed by atoms with van der Waals surface area (Å²) in [5.74, 6) is 1.33. The van der Waals surface area contributed by atoms with E-state index in [4.69, 9.17) is 21.7 Å². The van der Waals surface area contributed by atoms with Crippen molar-refractivity contribution in [2.24, 2.45) is 0 Å². The van der Waals surface area contributed by atoms with E-state index in [-0.39, 0.29) is 5.56 Å². The molecule has 1 heterocycles. The molecule has 130 valence electrons. The van der Waals surface area contributed by atoms with Gasteiger partial charge in [-0.3, -0.25) is 9.78 Å². The topological polar surface area (TPSA) is 59.5 Å². The number of nitrogens with zero attached hydrogens (tertiary/aromatic N) is 2. The zero-order chi connectivity index (χ0) is 17.7. The van der Waals surface area contributed by atoms with E-state index in [1.165, 1.54) is 0 Å². The van der Waals surface area contributed by atoms with E-state index >= 15 is 0 Å². The first-order valence-electron chi connectivity index (χ1n) is 7.67. The first-order chi connectivity index (χ1) is 11.5. The zero-order valence-electron chi connectivity index (χ0n) is 14.5. The number of hydrogen-bond donors (Lipinski definition) is 1. The molecule has 2 aromatic rings. The van der Waals surface area contributed by atoms with Crippen molar-refractivity contribution >= 4 is 12.2 Å². The third-order valence-corrected chi connectivity index (χ3v) is 4.03. The van der Waals surface area contributed by atoms with Crippen molar-refractivity contribution in [1.29, 1.82) is 0 Å². The molecule has 0 atom stereocenters. The number of benzene rings is 1. The lowest BCUT2D eigenvalue weighted by Gasteiger charge is -2.17. The van der Waals surface area contributed by atoms with Crippen LogP contribution in [0.5, 0.6) is 11.5 Å². The molecular formula is C17H23N3O3S. The summed E-state index contributed by atoms with van der Waals surface area (Å²) in [5.41, 5.74) is 1.32. The molecule has 6 nitrogen and oxygen atoms in total. The minimum atomic E-state index is -0.225. The summed E-state index contributed by atoms with van der Waals surface area (Å²) in [5, 5.41) is 0. The normalized spacial score (nSPS) is 10.9. The molecule has 0 fully saturated rings. The molecule has 0 aliphatic heterocycles. The van der Waals surface area contributed by atoms with Crippen LogP contribution < -0.4 is 15.0 Å². The summed E-state index contributed by atoms with van der Waals surface area (Å²) in [4.78, 5) is 16.7. The van der Waals surface area contributed by atoms with Crippen LogP contribution in [0.4, 0.5) is 0 Å². The largest absolute Gasteiger partial charge is 0.497 e. The fraction of sp³-hybridized carbons (Fsp3) is 0.412. The summed E-state index contributed by atoms with van der Waals surface area (Å²) in [6.45, 7) is 1.64. The van der Waals surface area contributed by atoms with E-state index in [2.05, 4.69) is 9.88 Å². The van der Waals surface area contributed by atoms with Gasteiger partial charge in [0.1, 0.15) is 11.5 Å². The average Bonchev–Trinajstić information content (AvgIpc) is 2.55. The van der Waals surface area contributed by atoms with Gasteiger partial charge in [-0.1, -0.05) is 0 Å². The lowest BCUT2D eigenvalue weighted by atomic mass is 10.1. The molecule has 0 spiro atoms. The Labute approximate surface area is 146 Å². The number of aromatic nitrogens is 2. The molecule has 0 amide bonds. The van der Waals surface area contributed by atoms with E-state index in [9.17, 15) is 4.79 Å². The van der Waals surface area contributed by atoms with Crippen molar-refractivity contribution in [2.45, 2.75) is 13.0 Å². The van der Waals surface area contributed by atoms with Crippen LogP contribution in [0.1, 0.15) is 6.42 Å². The third-order valence-electron chi connectivity index (χ3n) is 3.71. The van der Waals surface area contributed by atoms with E-state index in [0.717, 1.165) is 24.2 Å². The van der Waals surface area contributed by atoms with Crippen LogP contribution in [0.3, 0.4) is 0 Å². The Kier molecular flexibility index (Phi) is 6.16.